The lowest BCUT2D eigenvalue weighted by Gasteiger charge is -2.10. The molecular weight excluding hydrogens is 471 g/mol. The standard InChI is InChI=1S/C19H24N6S.HI/c1-3-16-6-7-17(26-16)13-24-19(21-4-2)23-12-15-5-8-18(22-11-15)25-10-9-20-14-25;/h5-11,14H,3-4,12-13H2,1-2H3,(H2,21,23,24);1H. The van der Waals surface area contributed by atoms with Crippen molar-refractivity contribution < 1.29 is 0 Å². The normalized spacial score (nSPS) is 11.1. The first-order valence-electron chi connectivity index (χ1n) is 8.81. The molecule has 0 aromatic carbocycles. The van der Waals surface area contributed by atoms with E-state index in [-0.39, 0.29) is 24.0 Å². The molecule has 0 bridgehead atoms. The third kappa shape index (κ3) is 6.31. The number of imidazole rings is 1. The molecule has 0 atom stereocenters. The summed E-state index contributed by atoms with van der Waals surface area (Å²) in [5.74, 6) is 1.67. The van der Waals surface area contributed by atoms with Crippen LogP contribution in [0.15, 0.2) is 54.2 Å². The van der Waals surface area contributed by atoms with Gasteiger partial charge < -0.3 is 10.6 Å². The summed E-state index contributed by atoms with van der Waals surface area (Å²) in [7, 11) is 0. The lowest BCUT2D eigenvalue weighted by Crippen LogP contribution is -2.36. The molecule has 0 aliphatic carbocycles. The van der Waals surface area contributed by atoms with E-state index in [2.05, 4.69) is 51.6 Å². The molecule has 6 nitrogen and oxygen atoms in total. The molecule has 27 heavy (non-hydrogen) atoms. The number of thiophene rings is 1. The summed E-state index contributed by atoms with van der Waals surface area (Å²) >= 11 is 1.84. The fourth-order valence-electron chi connectivity index (χ4n) is 2.45. The number of aliphatic imine (C=N–C) groups is 1. The minimum atomic E-state index is 0. The molecule has 0 unspecified atom stereocenters. The summed E-state index contributed by atoms with van der Waals surface area (Å²) in [6, 6.07) is 8.39. The lowest BCUT2D eigenvalue weighted by molar-refractivity contribution is 0.822. The van der Waals surface area contributed by atoms with Crippen LogP contribution >= 0.6 is 35.3 Å². The quantitative estimate of drug-likeness (QED) is 0.297. The summed E-state index contributed by atoms with van der Waals surface area (Å²) < 4.78 is 1.88. The fourth-order valence-corrected chi connectivity index (χ4v) is 3.35. The Labute approximate surface area is 181 Å². The molecule has 3 aromatic heterocycles. The highest BCUT2D eigenvalue weighted by molar-refractivity contribution is 14.0. The van der Waals surface area contributed by atoms with Crippen molar-refractivity contribution in [2.45, 2.75) is 33.4 Å². The number of nitrogens with one attached hydrogen (secondary N) is 2. The van der Waals surface area contributed by atoms with Crippen molar-refractivity contribution in [3.63, 3.8) is 0 Å². The molecule has 3 rings (SSSR count). The molecule has 0 saturated heterocycles. The second kappa shape index (κ2) is 11.0. The maximum absolute atomic E-state index is 4.66. The summed E-state index contributed by atoms with van der Waals surface area (Å²) in [5.41, 5.74) is 1.07. The van der Waals surface area contributed by atoms with Gasteiger partial charge in [0.1, 0.15) is 12.1 Å². The third-order valence-corrected chi connectivity index (χ3v) is 5.07. The van der Waals surface area contributed by atoms with Crippen LogP contribution in [0, 0.1) is 0 Å². The van der Waals surface area contributed by atoms with Crippen LogP contribution in [0.3, 0.4) is 0 Å². The third-order valence-electron chi connectivity index (χ3n) is 3.84. The zero-order valence-electron chi connectivity index (χ0n) is 15.6. The van der Waals surface area contributed by atoms with Crippen LogP contribution < -0.4 is 10.6 Å². The van der Waals surface area contributed by atoms with Gasteiger partial charge in [0, 0.05) is 34.9 Å². The molecule has 0 aliphatic rings. The Kier molecular flexibility index (Phi) is 8.73. The summed E-state index contributed by atoms with van der Waals surface area (Å²) in [5, 5.41) is 6.68. The van der Waals surface area contributed by atoms with E-state index in [1.54, 1.807) is 12.5 Å². The molecule has 8 heteroatoms. The molecular formula is C19H25IN6S. The number of halogens is 1. The zero-order valence-corrected chi connectivity index (χ0v) is 18.7. The van der Waals surface area contributed by atoms with E-state index < -0.39 is 0 Å². The van der Waals surface area contributed by atoms with Crippen LogP contribution in [-0.4, -0.2) is 27.0 Å². The highest BCUT2D eigenvalue weighted by Gasteiger charge is 2.02. The smallest absolute Gasteiger partial charge is 0.191 e. The molecule has 2 N–H and O–H groups in total. The van der Waals surface area contributed by atoms with Crippen LogP contribution in [0.4, 0.5) is 0 Å². The number of aryl methyl sites for hydroxylation is 1. The van der Waals surface area contributed by atoms with Gasteiger partial charge in [-0.3, -0.25) is 4.57 Å². The largest absolute Gasteiger partial charge is 0.357 e. The first-order valence-corrected chi connectivity index (χ1v) is 9.63. The Bertz CT molecular complexity index is 826. The monoisotopic (exact) mass is 496 g/mol. The van der Waals surface area contributed by atoms with E-state index in [9.17, 15) is 0 Å². The number of guanidine groups is 1. The van der Waals surface area contributed by atoms with Gasteiger partial charge in [0.15, 0.2) is 5.96 Å². The van der Waals surface area contributed by atoms with Gasteiger partial charge in [0.05, 0.1) is 13.1 Å². The minimum Gasteiger partial charge on any atom is -0.357 e. The number of hydrogen-bond acceptors (Lipinski definition) is 4. The number of aromatic nitrogens is 3. The number of rotatable bonds is 7. The second-order valence-corrected chi connectivity index (χ2v) is 7.02. The molecule has 144 valence electrons. The van der Waals surface area contributed by atoms with Gasteiger partial charge >= 0.3 is 0 Å². The molecule has 0 spiro atoms. The van der Waals surface area contributed by atoms with Crippen LogP contribution in [-0.2, 0) is 19.5 Å². The van der Waals surface area contributed by atoms with Gasteiger partial charge in [-0.15, -0.1) is 35.3 Å². The van der Waals surface area contributed by atoms with Crippen molar-refractivity contribution in [3.05, 3.63) is 64.5 Å². The Balaban J connectivity index is 0.00000261. The molecule has 3 heterocycles. The van der Waals surface area contributed by atoms with Gasteiger partial charge in [-0.25, -0.2) is 15.0 Å². The van der Waals surface area contributed by atoms with E-state index in [0.29, 0.717) is 6.54 Å². The van der Waals surface area contributed by atoms with Crippen molar-refractivity contribution in [2.24, 2.45) is 4.99 Å². The second-order valence-electron chi connectivity index (χ2n) is 5.76. The minimum absolute atomic E-state index is 0. The van der Waals surface area contributed by atoms with Crippen molar-refractivity contribution >= 4 is 41.3 Å². The van der Waals surface area contributed by atoms with Crippen LogP contribution in [0.1, 0.15) is 29.2 Å². The average molecular weight is 496 g/mol. The van der Waals surface area contributed by atoms with Gasteiger partial charge in [-0.05, 0) is 37.1 Å². The Hall–Kier alpha value is -1.94. The van der Waals surface area contributed by atoms with E-state index in [1.807, 2.05) is 40.4 Å². The fraction of sp³-hybridized carbons (Fsp3) is 0.316. The van der Waals surface area contributed by atoms with Gasteiger partial charge in [0.2, 0.25) is 0 Å². The van der Waals surface area contributed by atoms with Crippen molar-refractivity contribution in [1.29, 1.82) is 0 Å². The molecule has 3 aromatic rings. The maximum Gasteiger partial charge on any atom is 0.191 e. The summed E-state index contributed by atoms with van der Waals surface area (Å²) in [6.07, 6.45) is 8.30. The van der Waals surface area contributed by atoms with Crippen LogP contribution in [0.5, 0.6) is 0 Å². The lowest BCUT2D eigenvalue weighted by atomic mass is 10.3. The first kappa shape index (κ1) is 21.4. The Morgan fingerprint density at radius 3 is 2.63 bits per heavy atom. The maximum atomic E-state index is 4.66. The molecule has 0 radical (unpaired) electrons. The van der Waals surface area contributed by atoms with E-state index in [0.717, 1.165) is 36.9 Å². The highest BCUT2D eigenvalue weighted by atomic mass is 127. The van der Waals surface area contributed by atoms with Gasteiger partial charge in [-0.2, -0.15) is 0 Å². The van der Waals surface area contributed by atoms with Crippen molar-refractivity contribution in [2.75, 3.05) is 6.54 Å². The Morgan fingerprint density at radius 2 is 2.00 bits per heavy atom. The van der Waals surface area contributed by atoms with Crippen LogP contribution in [0.2, 0.25) is 0 Å². The summed E-state index contributed by atoms with van der Waals surface area (Å²) in [4.78, 5) is 15.9. The number of pyridine rings is 1. The van der Waals surface area contributed by atoms with Crippen molar-refractivity contribution in [3.8, 4) is 5.82 Å². The van der Waals surface area contributed by atoms with E-state index >= 15 is 0 Å². The van der Waals surface area contributed by atoms with Crippen molar-refractivity contribution in [1.82, 2.24) is 25.2 Å². The Morgan fingerprint density at radius 1 is 1.15 bits per heavy atom. The number of nitrogens with zero attached hydrogens (tertiary/aromatic N) is 4. The summed E-state index contributed by atoms with van der Waals surface area (Å²) in [6.45, 7) is 6.44. The first-order chi connectivity index (χ1) is 12.8. The zero-order chi connectivity index (χ0) is 18.2. The topological polar surface area (TPSA) is 67.1 Å². The van der Waals surface area contributed by atoms with E-state index in [4.69, 9.17) is 0 Å². The van der Waals surface area contributed by atoms with E-state index in [1.165, 1.54) is 9.75 Å². The SMILES string of the molecule is CCNC(=NCc1ccc(-n2ccnc2)nc1)NCc1ccc(CC)s1.I. The molecule has 0 amide bonds. The van der Waals surface area contributed by atoms with Gasteiger partial charge in [-0.1, -0.05) is 13.0 Å². The molecule has 0 fully saturated rings. The van der Waals surface area contributed by atoms with Gasteiger partial charge in [0.25, 0.3) is 0 Å². The predicted molar refractivity (Wildman–Crippen MR) is 122 cm³/mol. The number of hydrogen-bond donors (Lipinski definition) is 2. The highest BCUT2D eigenvalue weighted by Crippen LogP contribution is 2.16. The molecule has 0 saturated carbocycles. The van der Waals surface area contributed by atoms with Crippen LogP contribution in [0.25, 0.3) is 5.82 Å². The average Bonchev–Trinajstić information content (AvgIpc) is 3.36. The molecule has 0 aliphatic heterocycles. The predicted octanol–water partition coefficient (Wildman–Crippen LogP) is 3.76.